The van der Waals surface area contributed by atoms with Crippen molar-refractivity contribution in [2.75, 3.05) is 19.8 Å². The van der Waals surface area contributed by atoms with Crippen molar-refractivity contribution in [1.29, 1.82) is 0 Å². The van der Waals surface area contributed by atoms with E-state index in [-0.39, 0.29) is 10.8 Å². The first-order chi connectivity index (χ1) is 16.5. The van der Waals surface area contributed by atoms with Crippen molar-refractivity contribution in [3.63, 3.8) is 0 Å². The molecule has 0 spiro atoms. The highest BCUT2D eigenvalue weighted by Crippen LogP contribution is 2.46. The van der Waals surface area contributed by atoms with Crippen LogP contribution >= 0.6 is 17.2 Å². The third kappa shape index (κ3) is 7.97. The summed E-state index contributed by atoms with van der Waals surface area (Å²) < 4.78 is 3.60. The molecule has 0 aliphatic carbocycles. The van der Waals surface area contributed by atoms with Crippen LogP contribution in [-0.4, -0.2) is 59.8 Å². The molecule has 2 aromatic carbocycles. The lowest BCUT2D eigenvalue weighted by Crippen LogP contribution is -2.54. The van der Waals surface area contributed by atoms with Crippen molar-refractivity contribution in [3.05, 3.63) is 70.8 Å². The lowest BCUT2D eigenvalue weighted by atomic mass is 9.65. The predicted octanol–water partition coefficient (Wildman–Crippen LogP) is 2.91. The van der Waals surface area contributed by atoms with Gasteiger partial charge in [0.1, 0.15) is 5.60 Å². The largest absolute Gasteiger partial charge is 0.395 e. The number of hydrogen-bond acceptors (Lipinski definition) is 9. The molecule has 11 heteroatoms. The van der Waals surface area contributed by atoms with E-state index in [1.807, 2.05) is 48.5 Å². The van der Waals surface area contributed by atoms with Crippen molar-refractivity contribution in [2.45, 2.75) is 58.0 Å². The van der Waals surface area contributed by atoms with Gasteiger partial charge in [-0.25, -0.2) is 4.31 Å². The molecule has 0 aliphatic heterocycles. The number of hydrogen-bond donors (Lipinski definition) is 8. The standard InChI is InChI=1S/C25H36O4.H4O5P2/c1-22(2,3)18-7-11-20(12-8-18)25(29,24(15-26,16-27)17-28)21-13-9-19(10-14-21)23(4,5)6;1-6(2)5-7(3)4/h7-14,26-29H,15-17H2,1-6H3;1-4H. The first-order valence-electron chi connectivity index (χ1n) is 11.3. The van der Waals surface area contributed by atoms with Gasteiger partial charge in [-0.1, -0.05) is 90.1 Å². The molecule has 0 aliphatic rings. The minimum atomic E-state index is -2.61. The van der Waals surface area contributed by atoms with Crippen LogP contribution in [0.5, 0.6) is 0 Å². The van der Waals surface area contributed by atoms with Gasteiger partial charge in [-0.2, -0.15) is 0 Å². The van der Waals surface area contributed by atoms with Crippen LogP contribution < -0.4 is 0 Å². The molecule has 0 amide bonds. The van der Waals surface area contributed by atoms with Crippen LogP contribution in [0.2, 0.25) is 0 Å². The zero-order valence-corrected chi connectivity index (χ0v) is 23.4. The predicted molar refractivity (Wildman–Crippen MR) is 141 cm³/mol. The van der Waals surface area contributed by atoms with E-state index in [0.717, 1.165) is 11.1 Å². The summed E-state index contributed by atoms with van der Waals surface area (Å²) in [6, 6.07) is 15.0. The fourth-order valence-corrected chi connectivity index (χ4v) is 4.28. The van der Waals surface area contributed by atoms with Gasteiger partial charge in [0.25, 0.3) is 0 Å². The van der Waals surface area contributed by atoms with Crippen molar-refractivity contribution >= 4 is 17.2 Å². The minimum Gasteiger partial charge on any atom is -0.395 e. The van der Waals surface area contributed by atoms with E-state index in [0.29, 0.717) is 11.1 Å². The second-order valence-corrected chi connectivity index (χ2v) is 12.4. The Kier molecular flexibility index (Phi) is 12.0. The molecule has 0 fully saturated rings. The summed E-state index contributed by atoms with van der Waals surface area (Å²) in [5, 5.41) is 42.3. The fourth-order valence-electron chi connectivity index (χ4n) is 3.76. The van der Waals surface area contributed by atoms with Gasteiger partial charge in [-0.05, 0) is 33.1 Å². The minimum absolute atomic E-state index is 0.0486. The third-order valence-electron chi connectivity index (χ3n) is 6.16. The maximum atomic E-state index is 12.0. The van der Waals surface area contributed by atoms with Gasteiger partial charge in [-0.15, -0.1) is 0 Å². The van der Waals surface area contributed by atoms with Gasteiger partial charge < -0.3 is 40.0 Å². The van der Waals surface area contributed by atoms with Crippen LogP contribution in [0, 0.1) is 5.41 Å². The smallest absolute Gasteiger partial charge is 0.334 e. The van der Waals surface area contributed by atoms with Gasteiger partial charge in [-0.3, -0.25) is 0 Å². The van der Waals surface area contributed by atoms with E-state index in [1.165, 1.54) is 0 Å². The van der Waals surface area contributed by atoms with Gasteiger partial charge >= 0.3 is 17.2 Å². The van der Waals surface area contributed by atoms with E-state index in [2.05, 4.69) is 45.9 Å². The molecule has 0 bridgehead atoms. The lowest BCUT2D eigenvalue weighted by Gasteiger charge is -2.45. The lowest BCUT2D eigenvalue weighted by molar-refractivity contribution is -0.136. The number of aliphatic hydroxyl groups excluding tert-OH is 3. The monoisotopic (exact) mass is 546 g/mol. The second kappa shape index (κ2) is 13.1. The molecule has 0 heterocycles. The van der Waals surface area contributed by atoms with Gasteiger partial charge in [0.2, 0.25) is 0 Å². The fraction of sp³-hybridized carbons (Fsp3) is 0.520. The molecule has 204 valence electrons. The van der Waals surface area contributed by atoms with Crippen LogP contribution in [0.3, 0.4) is 0 Å². The van der Waals surface area contributed by atoms with Crippen LogP contribution in [-0.2, 0) is 20.7 Å². The van der Waals surface area contributed by atoms with E-state index < -0.39 is 48.0 Å². The number of benzene rings is 2. The van der Waals surface area contributed by atoms with Crippen LogP contribution in [0.25, 0.3) is 0 Å². The second-order valence-electron chi connectivity index (χ2n) is 10.7. The van der Waals surface area contributed by atoms with Crippen molar-refractivity contribution < 1.29 is 44.3 Å². The zero-order chi connectivity index (χ0) is 27.9. The third-order valence-corrected chi connectivity index (χ3v) is 7.33. The molecule has 2 rings (SSSR count). The Balaban J connectivity index is 0.000000809. The summed E-state index contributed by atoms with van der Waals surface area (Å²) in [7, 11) is -5.22. The normalized spacial score (nSPS) is 13.1. The Morgan fingerprint density at radius 3 is 0.972 bits per heavy atom. The van der Waals surface area contributed by atoms with E-state index >= 15 is 0 Å². The molecule has 0 saturated carbocycles. The van der Waals surface area contributed by atoms with Gasteiger partial charge in [0.05, 0.1) is 25.2 Å². The molecule has 0 aromatic heterocycles. The van der Waals surface area contributed by atoms with Crippen molar-refractivity contribution in [3.8, 4) is 0 Å². The van der Waals surface area contributed by atoms with E-state index in [9.17, 15) is 20.4 Å². The topological polar surface area (TPSA) is 171 Å². The van der Waals surface area contributed by atoms with Crippen molar-refractivity contribution in [2.24, 2.45) is 5.41 Å². The quantitative estimate of drug-likeness (QED) is 0.232. The summed E-state index contributed by atoms with van der Waals surface area (Å²) in [5.74, 6) is 0. The van der Waals surface area contributed by atoms with Gasteiger partial charge in [0.15, 0.2) is 0 Å². The first-order valence-corrected chi connectivity index (χ1v) is 13.6. The summed E-state index contributed by atoms with van der Waals surface area (Å²) in [6.45, 7) is 10.9. The Morgan fingerprint density at radius 2 is 0.806 bits per heavy atom. The molecular weight excluding hydrogens is 506 g/mol. The average molecular weight is 547 g/mol. The summed E-state index contributed by atoms with van der Waals surface area (Å²) in [6.07, 6.45) is 0. The Bertz CT molecular complexity index is 843. The SMILES string of the molecule is CC(C)(C)c1ccc(C(O)(c2ccc(C(C)(C)C)cc2)C(CO)(CO)CO)cc1.OP(O)OP(O)O. The Labute approximate surface area is 215 Å². The number of aliphatic hydroxyl groups is 4. The first kappa shape index (κ1) is 33.0. The molecule has 0 saturated heterocycles. The van der Waals surface area contributed by atoms with Crippen LogP contribution in [0.4, 0.5) is 0 Å². The molecule has 9 nitrogen and oxygen atoms in total. The van der Waals surface area contributed by atoms with E-state index in [1.54, 1.807) is 0 Å². The highest BCUT2D eigenvalue weighted by atomic mass is 31.2. The molecular formula is C25H40O9P2. The van der Waals surface area contributed by atoms with E-state index in [4.69, 9.17) is 19.6 Å². The molecule has 0 radical (unpaired) electrons. The zero-order valence-electron chi connectivity index (χ0n) is 21.6. The summed E-state index contributed by atoms with van der Waals surface area (Å²) in [4.78, 5) is 31.3. The molecule has 0 atom stereocenters. The van der Waals surface area contributed by atoms with Gasteiger partial charge in [0, 0.05) is 0 Å². The average Bonchev–Trinajstić information content (AvgIpc) is 2.79. The highest BCUT2D eigenvalue weighted by Gasteiger charge is 2.52. The maximum absolute atomic E-state index is 12.0. The molecule has 36 heavy (non-hydrogen) atoms. The summed E-state index contributed by atoms with van der Waals surface area (Å²) >= 11 is 0. The Morgan fingerprint density at radius 1 is 0.556 bits per heavy atom. The maximum Gasteiger partial charge on any atom is 0.334 e. The molecule has 0 unspecified atom stereocenters. The molecule has 8 N–H and O–H groups in total. The number of rotatable bonds is 8. The highest BCUT2D eigenvalue weighted by molar-refractivity contribution is 7.53. The molecule has 2 aromatic rings. The van der Waals surface area contributed by atoms with Crippen LogP contribution in [0.15, 0.2) is 48.5 Å². The van der Waals surface area contributed by atoms with Crippen LogP contribution in [0.1, 0.15) is 63.8 Å². The summed E-state index contributed by atoms with van der Waals surface area (Å²) in [5.41, 5.74) is -0.154. The van der Waals surface area contributed by atoms with Crippen molar-refractivity contribution in [1.82, 2.24) is 0 Å². The Hall–Kier alpha value is -1.06.